The molecule has 3 heterocycles. The highest BCUT2D eigenvalue weighted by Gasteiger charge is 2.26. The molecule has 4 rings (SSSR count). The molecule has 2 fully saturated rings. The van der Waals surface area contributed by atoms with Crippen LogP contribution in [0.25, 0.3) is 0 Å². The fourth-order valence-electron chi connectivity index (χ4n) is 4.28. The summed E-state index contributed by atoms with van der Waals surface area (Å²) in [7, 11) is -3.48. The zero-order valence-electron chi connectivity index (χ0n) is 17.9. The molecule has 0 spiro atoms. The zero-order valence-corrected chi connectivity index (χ0v) is 19.5. The lowest BCUT2D eigenvalue weighted by atomic mass is 10.2. The highest BCUT2D eigenvalue weighted by Crippen LogP contribution is 2.21. The van der Waals surface area contributed by atoms with Gasteiger partial charge in [0, 0.05) is 56.3 Å². The second kappa shape index (κ2) is 10.3. The summed E-state index contributed by atoms with van der Waals surface area (Å²) >= 11 is 1.79. The van der Waals surface area contributed by atoms with Crippen LogP contribution in [0.5, 0.6) is 0 Å². The van der Waals surface area contributed by atoms with Crippen LogP contribution >= 0.6 is 11.3 Å². The predicted octanol–water partition coefficient (Wildman–Crippen LogP) is 3.31. The topological polar surface area (TPSA) is 60.9 Å². The van der Waals surface area contributed by atoms with E-state index in [1.54, 1.807) is 39.9 Å². The van der Waals surface area contributed by atoms with E-state index in [1.165, 1.54) is 4.88 Å². The van der Waals surface area contributed by atoms with Crippen molar-refractivity contribution in [2.24, 2.45) is 0 Å². The highest BCUT2D eigenvalue weighted by atomic mass is 32.2. The number of piperazine rings is 1. The lowest BCUT2D eigenvalue weighted by molar-refractivity contribution is 0.0638. The van der Waals surface area contributed by atoms with Gasteiger partial charge in [-0.1, -0.05) is 18.9 Å². The van der Waals surface area contributed by atoms with Crippen molar-refractivity contribution in [3.05, 3.63) is 52.2 Å². The molecule has 8 heteroatoms. The number of rotatable bonds is 6. The maximum Gasteiger partial charge on any atom is 0.253 e. The number of hydrogen-bond donors (Lipinski definition) is 0. The number of carbonyl (C=O) groups excluding carboxylic acids is 1. The van der Waals surface area contributed by atoms with Crippen molar-refractivity contribution >= 4 is 27.3 Å². The number of sulfonamides is 1. The van der Waals surface area contributed by atoms with Crippen molar-refractivity contribution in [1.29, 1.82) is 0 Å². The lowest BCUT2D eigenvalue weighted by Gasteiger charge is -2.34. The van der Waals surface area contributed by atoms with Gasteiger partial charge in [0.1, 0.15) is 0 Å². The second-order valence-electron chi connectivity index (χ2n) is 8.31. The third-order valence-electron chi connectivity index (χ3n) is 6.22. The quantitative estimate of drug-likeness (QED) is 0.662. The number of amides is 1. The number of thiophene rings is 1. The highest BCUT2D eigenvalue weighted by molar-refractivity contribution is 7.89. The Morgan fingerprint density at radius 3 is 2.16 bits per heavy atom. The normalized spacial score (nSPS) is 19.3. The molecule has 1 amide bonds. The lowest BCUT2D eigenvalue weighted by Crippen LogP contribution is -2.49. The Balaban J connectivity index is 1.32. The largest absolute Gasteiger partial charge is 0.336 e. The van der Waals surface area contributed by atoms with E-state index in [9.17, 15) is 13.2 Å². The minimum absolute atomic E-state index is 0.0170. The van der Waals surface area contributed by atoms with Gasteiger partial charge in [0.25, 0.3) is 5.91 Å². The number of nitrogens with zero attached hydrogens (tertiary/aromatic N) is 3. The molecular weight excluding hydrogens is 430 g/mol. The standard InChI is InChI=1S/C23H31N3O3S2/c27-23(25-17-15-24(16-18-25)14-11-21-6-5-19-30-21)20-7-9-22(10-8-20)31(28,29)26-12-3-1-2-4-13-26/h5-10,19H,1-4,11-18H2. The summed E-state index contributed by atoms with van der Waals surface area (Å²) < 4.78 is 27.5. The molecule has 0 atom stereocenters. The molecule has 2 aliphatic heterocycles. The number of benzene rings is 1. The summed E-state index contributed by atoms with van der Waals surface area (Å²) in [5, 5.41) is 2.11. The van der Waals surface area contributed by atoms with Gasteiger partial charge in [-0.3, -0.25) is 9.69 Å². The minimum Gasteiger partial charge on any atom is -0.336 e. The van der Waals surface area contributed by atoms with Crippen LogP contribution in [-0.4, -0.2) is 74.2 Å². The summed E-state index contributed by atoms with van der Waals surface area (Å²) in [6.07, 6.45) is 5.05. The second-order valence-corrected chi connectivity index (χ2v) is 11.3. The summed E-state index contributed by atoms with van der Waals surface area (Å²) in [6.45, 7) is 5.34. The van der Waals surface area contributed by atoms with Crippen molar-refractivity contribution in [2.75, 3.05) is 45.8 Å². The van der Waals surface area contributed by atoms with Gasteiger partial charge in [0.05, 0.1) is 4.90 Å². The van der Waals surface area contributed by atoms with Crippen molar-refractivity contribution < 1.29 is 13.2 Å². The van der Waals surface area contributed by atoms with Crippen molar-refractivity contribution in [3.63, 3.8) is 0 Å². The molecule has 1 aromatic heterocycles. The van der Waals surface area contributed by atoms with Crippen LogP contribution in [0.1, 0.15) is 40.9 Å². The van der Waals surface area contributed by atoms with Crippen LogP contribution in [0.3, 0.4) is 0 Å². The van der Waals surface area contributed by atoms with Crippen molar-refractivity contribution in [2.45, 2.75) is 37.0 Å². The van der Waals surface area contributed by atoms with Gasteiger partial charge in [-0.25, -0.2) is 8.42 Å². The molecule has 2 saturated heterocycles. The van der Waals surface area contributed by atoms with Crippen molar-refractivity contribution in [1.82, 2.24) is 14.1 Å². The van der Waals surface area contributed by atoms with Crippen LogP contribution in [0.15, 0.2) is 46.7 Å². The van der Waals surface area contributed by atoms with Gasteiger partial charge in [-0.05, 0) is 55.0 Å². The molecule has 0 saturated carbocycles. The Morgan fingerprint density at radius 1 is 0.871 bits per heavy atom. The average Bonchev–Trinajstić information content (AvgIpc) is 3.17. The monoisotopic (exact) mass is 461 g/mol. The van der Waals surface area contributed by atoms with Crippen molar-refractivity contribution in [3.8, 4) is 0 Å². The van der Waals surface area contributed by atoms with Gasteiger partial charge < -0.3 is 4.90 Å². The smallest absolute Gasteiger partial charge is 0.253 e. The van der Waals surface area contributed by atoms with Crippen LogP contribution in [0, 0.1) is 0 Å². The van der Waals surface area contributed by atoms with Gasteiger partial charge in [-0.2, -0.15) is 4.31 Å². The van der Waals surface area contributed by atoms with E-state index in [0.29, 0.717) is 31.7 Å². The first-order valence-corrected chi connectivity index (χ1v) is 13.5. The Hall–Kier alpha value is -1.74. The first kappa shape index (κ1) is 22.5. The molecule has 0 radical (unpaired) electrons. The first-order chi connectivity index (χ1) is 15.0. The van der Waals surface area contributed by atoms with E-state index in [2.05, 4.69) is 22.4 Å². The summed E-state index contributed by atoms with van der Waals surface area (Å²) in [6, 6.07) is 10.8. The Bertz CT molecular complexity index is 942. The summed E-state index contributed by atoms with van der Waals surface area (Å²) in [4.78, 5) is 18.9. The molecule has 2 aliphatic rings. The SMILES string of the molecule is O=C(c1ccc(S(=O)(=O)N2CCCCCC2)cc1)N1CCN(CCc2cccs2)CC1. The Kier molecular flexibility index (Phi) is 7.43. The van der Waals surface area contributed by atoms with Crippen LogP contribution in [0.2, 0.25) is 0 Å². The van der Waals surface area contributed by atoms with E-state index in [1.807, 2.05) is 4.90 Å². The van der Waals surface area contributed by atoms with E-state index < -0.39 is 10.0 Å². The summed E-state index contributed by atoms with van der Waals surface area (Å²) in [5.41, 5.74) is 0.557. The third-order valence-corrected chi connectivity index (χ3v) is 9.07. The predicted molar refractivity (Wildman–Crippen MR) is 124 cm³/mol. The van der Waals surface area contributed by atoms with E-state index >= 15 is 0 Å². The Morgan fingerprint density at radius 2 is 1.55 bits per heavy atom. The Labute approximate surface area is 189 Å². The molecule has 1 aromatic carbocycles. The maximum absolute atomic E-state index is 12.9. The van der Waals surface area contributed by atoms with E-state index in [-0.39, 0.29) is 10.8 Å². The van der Waals surface area contributed by atoms with Gasteiger partial charge in [0.2, 0.25) is 10.0 Å². The summed E-state index contributed by atoms with van der Waals surface area (Å²) in [5.74, 6) is -0.0170. The van der Waals surface area contributed by atoms with Crippen LogP contribution < -0.4 is 0 Å². The molecule has 0 unspecified atom stereocenters. The fraction of sp³-hybridized carbons (Fsp3) is 0.522. The molecule has 0 bridgehead atoms. The van der Waals surface area contributed by atoms with E-state index in [4.69, 9.17) is 0 Å². The molecule has 31 heavy (non-hydrogen) atoms. The first-order valence-electron chi connectivity index (χ1n) is 11.2. The molecule has 0 N–H and O–H groups in total. The van der Waals surface area contributed by atoms with Gasteiger partial charge >= 0.3 is 0 Å². The average molecular weight is 462 g/mol. The number of carbonyl (C=O) groups is 1. The number of hydrogen-bond acceptors (Lipinski definition) is 5. The molecule has 2 aromatic rings. The minimum atomic E-state index is -3.48. The van der Waals surface area contributed by atoms with Gasteiger partial charge in [0.15, 0.2) is 0 Å². The maximum atomic E-state index is 12.9. The van der Waals surface area contributed by atoms with Gasteiger partial charge in [-0.15, -0.1) is 11.3 Å². The molecular formula is C23H31N3O3S2. The van der Waals surface area contributed by atoms with Crippen LogP contribution in [0.4, 0.5) is 0 Å². The molecule has 168 valence electrons. The molecule has 6 nitrogen and oxygen atoms in total. The fourth-order valence-corrected chi connectivity index (χ4v) is 6.50. The third kappa shape index (κ3) is 5.55. The molecule has 0 aliphatic carbocycles. The van der Waals surface area contributed by atoms with E-state index in [0.717, 1.165) is 51.7 Å². The van der Waals surface area contributed by atoms with Crippen LogP contribution in [-0.2, 0) is 16.4 Å². The zero-order chi connectivity index (χ0) is 21.7.